The number of amides is 2. The molecule has 2 aliphatic rings. The number of hydrogen-bond acceptors (Lipinski definition) is 6. The Kier molecular flexibility index (Phi) is 5.00. The van der Waals surface area contributed by atoms with E-state index in [9.17, 15) is 14.7 Å². The first-order valence-electron chi connectivity index (χ1n) is 10.0. The average molecular weight is 451 g/mol. The monoisotopic (exact) mass is 450 g/mol. The Morgan fingerprint density at radius 2 is 1.66 bits per heavy atom. The lowest BCUT2D eigenvalue weighted by Crippen LogP contribution is -2.37. The van der Waals surface area contributed by atoms with Gasteiger partial charge in [0.2, 0.25) is 5.91 Å². The quantitative estimate of drug-likeness (QED) is 0.603. The molecule has 2 aliphatic heterocycles. The highest BCUT2D eigenvalue weighted by Gasteiger charge is 2.60. The molecule has 7 nitrogen and oxygen atoms in total. The standard InChI is InChI=1S/C24H19ClN2O5/c1-31-19-13-14(7-12-18(19)28)21-20-22(32-27(21)17-10-8-15(25)9-11-17)24(30)26(23(20)29)16-5-3-2-4-6-16/h2-13,20-22,28H,1H3/t20-,21-,22-/m0/s1. The molecular weight excluding hydrogens is 432 g/mol. The predicted octanol–water partition coefficient (Wildman–Crippen LogP) is 4.11. The summed E-state index contributed by atoms with van der Waals surface area (Å²) in [6.45, 7) is 0. The Hall–Kier alpha value is -3.55. The van der Waals surface area contributed by atoms with Crippen LogP contribution in [-0.4, -0.2) is 30.1 Å². The summed E-state index contributed by atoms with van der Waals surface area (Å²) in [6, 6.07) is 20.0. The largest absolute Gasteiger partial charge is 0.504 e. The normalized spacial score (nSPS) is 22.4. The zero-order valence-corrected chi connectivity index (χ0v) is 17.8. The minimum Gasteiger partial charge on any atom is -0.504 e. The van der Waals surface area contributed by atoms with Crippen molar-refractivity contribution in [1.82, 2.24) is 0 Å². The van der Waals surface area contributed by atoms with Crippen LogP contribution in [-0.2, 0) is 14.4 Å². The van der Waals surface area contributed by atoms with Crippen molar-refractivity contribution in [1.29, 1.82) is 0 Å². The molecule has 3 aromatic carbocycles. The van der Waals surface area contributed by atoms with E-state index in [2.05, 4.69) is 0 Å². The lowest BCUT2D eigenvalue weighted by Gasteiger charge is -2.29. The van der Waals surface area contributed by atoms with Gasteiger partial charge in [0.25, 0.3) is 5.91 Å². The lowest BCUT2D eigenvalue weighted by atomic mass is 9.90. The zero-order chi connectivity index (χ0) is 22.4. The smallest absolute Gasteiger partial charge is 0.266 e. The molecule has 0 bridgehead atoms. The van der Waals surface area contributed by atoms with Gasteiger partial charge in [0.15, 0.2) is 17.6 Å². The van der Waals surface area contributed by atoms with Crippen molar-refractivity contribution >= 4 is 34.8 Å². The summed E-state index contributed by atoms with van der Waals surface area (Å²) in [5.74, 6) is -1.31. The Bertz CT molecular complexity index is 1180. The van der Waals surface area contributed by atoms with Gasteiger partial charge in [-0.1, -0.05) is 35.9 Å². The van der Waals surface area contributed by atoms with E-state index in [0.29, 0.717) is 22.0 Å². The zero-order valence-electron chi connectivity index (χ0n) is 17.0. The molecule has 1 N–H and O–H groups in total. The number of methoxy groups -OCH3 is 1. The van der Waals surface area contributed by atoms with E-state index >= 15 is 0 Å². The van der Waals surface area contributed by atoms with Gasteiger partial charge in [0, 0.05) is 5.02 Å². The number of phenols is 1. The van der Waals surface area contributed by atoms with Gasteiger partial charge in [0.1, 0.15) is 5.92 Å². The summed E-state index contributed by atoms with van der Waals surface area (Å²) < 4.78 is 5.26. The van der Waals surface area contributed by atoms with Crippen LogP contribution in [0, 0.1) is 5.92 Å². The van der Waals surface area contributed by atoms with Crippen LogP contribution in [0.5, 0.6) is 11.5 Å². The van der Waals surface area contributed by atoms with Crippen molar-refractivity contribution in [2.45, 2.75) is 12.1 Å². The van der Waals surface area contributed by atoms with Crippen LogP contribution >= 0.6 is 11.6 Å². The number of ether oxygens (including phenoxy) is 1. The fourth-order valence-electron chi connectivity index (χ4n) is 4.28. The molecule has 32 heavy (non-hydrogen) atoms. The number of aromatic hydroxyl groups is 1. The van der Waals surface area contributed by atoms with Gasteiger partial charge in [0.05, 0.1) is 24.5 Å². The highest BCUT2D eigenvalue weighted by molar-refractivity contribution is 6.30. The summed E-state index contributed by atoms with van der Waals surface area (Å²) in [5, 5.41) is 12.2. The molecule has 0 aromatic heterocycles. The maximum Gasteiger partial charge on any atom is 0.266 e. The van der Waals surface area contributed by atoms with Crippen molar-refractivity contribution in [3.63, 3.8) is 0 Å². The van der Waals surface area contributed by atoms with Gasteiger partial charge < -0.3 is 9.84 Å². The summed E-state index contributed by atoms with van der Waals surface area (Å²) in [5.41, 5.74) is 1.81. The number of nitrogens with zero attached hydrogens (tertiary/aromatic N) is 2. The number of rotatable bonds is 4. The van der Waals surface area contributed by atoms with E-state index in [1.165, 1.54) is 18.1 Å². The molecule has 0 unspecified atom stereocenters. The van der Waals surface area contributed by atoms with Crippen molar-refractivity contribution in [3.8, 4) is 11.5 Å². The molecule has 162 valence electrons. The van der Waals surface area contributed by atoms with Crippen LogP contribution in [0.4, 0.5) is 11.4 Å². The summed E-state index contributed by atoms with van der Waals surface area (Å²) >= 11 is 6.04. The topological polar surface area (TPSA) is 79.3 Å². The number of anilines is 2. The molecule has 3 atom stereocenters. The highest BCUT2D eigenvalue weighted by Crippen LogP contribution is 2.48. The number of para-hydroxylation sites is 1. The van der Waals surface area contributed by atoms with Gasteiger partial charge in [-0.25, -0.2) is 9.96 Å². The molecule has 8 heteroatoms. The fourth-order valence-corrected chi connectivity index (χ4v) is 4.40. The maximum atomic E-state index is 13.5. The van der Waals surface area contributed by atoms with Crippen molar-refractivity contribution in [3.05, 3.63) is 83.4 Å². The molecule has 5 rings (SSSR count). The SMILES string of the molecule is COc1cc([C@H]2[C@@H]3C(=O)N(c4ccccc4)C(=O)[C@H]3ON2c2ccc(Cl)cc2)ccc1O. The van der Waals surface area contributed by atoms with Crippen LogP contribution in [0.2, 0.25) is 5.02 Å². The van der Waals surface area contributed by atoms with E-state index in [1.54, 1.807) is 65.7 Å². The van der Waals surface area contributed by atoms with Crippen LogP contribution in [0.15, 0.2) is 72.8 Å². The molecule has 2 fully saturated rings. The van der Waals surface area contributed by atoms with E-state index in [1.807, 2.05) is 6.07 Å². The Labute approximate surface area is 189 Å². The first-order chi connectivity index (χ1) is 15.5. The number of fused-ring (bicyclic) bond motifs is 1. The van der Waals surface area contributed by atoms with Crippen LogP contribution in [0.1, 0.15) is 11.6 Å². The molecule has 0 radical (unpaired) electrons. The molecule has 3 aromatic rings. The van der Waals surface area contributed by atoms with Crippen molar-refractivity contribution in [2.24, 2.45) is 5.92 Å². The lowest BCUT2D eigenvalue weighted by molar-refractivity contribution is -0.126. The van der Waals surface area contributed by atoms with Gasteiger partial charge in [-0.2, -0.15) is 0 Å². The molecule has 2 amide bonds. The molecule has 0 aliphatic carbocycles. The maximum absolute atomic E-state index is 13.5. The molecule has 2 saturated heterocycles. The summed E-state index contributed by atoms with van der Waals surface area (Å²) in [6.07, 6.45) is -0.983. The van der Waals surface area contributed by atoms with E-state index in [-0.39, 0.29) is 17.4 Å². The third kappa shape index (κ3) is 3.18. The van der Waals surface area contributed by atoms with E-state index in [4.69, 9.17) is 21.2 Å². The molecule has 0 spiro atoms. The van der Waals surface area contributed by atoms with Crippen LogP contribution < -0.4 is 14.7 Å². The van der Waals surface area contributed by atoms with Crippen LogP contribution in [0.3, 0.4) is 0 Å². The Morgan fingerprint density at radius 3 is 2.34 bits per heavy atom. The summed E-state index contributed by atoms with van der Waals surface area (Å²) in [4.78, 5) is 34.1. The second-order valence-electron chi connectivity index (χ2n) is 7.58. The van der Waals surface area contributed by atoms with Crippen molar-refractivity contribution in [2.75, 3.05) is 17.1 Å². The number of carbonyl (C=O) groups is 2. The van der Waals surface area contributed by atoms with Gasteiger partial charge in [-0.05, 0) is 54.1 Å². The molecular formula is C24H19ClN2O5. The third-order valence-electron chi connectivity index (χ3n) is 5.76. The molecule has 2 heterocycles. The van der Waals surface area contributed by atoms with E-state index in [0.717, 1.165) is 0 Å². The highest BCUT2D eigenvalue weighted by atomic mass is 35.5. The van der Waals surface area contributed by atoms with Gasteiger partial charge >= 0.3 is 0 Å². The number of phenolic OH excluding ortho intramolecular Hbond substituents is 1. The summed E-state index contributed by atoms with van der Waals surface area (Å²) in [7, 11) is 1.45. The van der Waals surface area contributed by atoms with E-state index < -0.39 is 24.0 Å². The fraction of sp³-hybridized carbons (Fsp3) is 0.167. The number of carbonyl (C=O) groups excluding carboxylic acids is 2. The minimum absolute atomic E-state index is 0.0236. The number of halogens is 1. The third-order valence-corrected chi connectivity index (χ3v) is 6.01. The second kappa shape index (κ2) is 7.85. The number of hydroxylamine groups is 1. The average Bonchev–Trinajstić information content (AvgIpc) is 3.31. The molecule has 0 saturated carbocycles. The Morgan fingerprint density at radius 1 is 0.938 bits per heavy atom. The number of imide groups is 1. The van der Waals surface area contributed by atoms with Gasteiger partial charge in [-0.3, -0.25) is 14.4 Å². The first kappa shape index (κ1) is 20.4. The number of hydrogen-bond donors (Lipinski definition) is 1. The minimum atomic E-state index is -0.983. The number of benzene rings is 3. The first-order valence-corrected chi connectivity index (χ1v) is 10.4. The van der Waals surface area contributed by atoms with Crippen molar-refractivity contribution < 1.29 is 24.3 Å². The predicted molar refractivity (Wildman–Crippen MR) is 119 cm³/mol. The van der Waals surface area contributed by atoms with Crippen LogP contribution in [0.25, 0.3) is 0 Å². The van der Waals surface area contributed by atoms with Gasteiger partial charge in [-0.15, -0.1) is 0 Å². The second-order valence-corrected chi connectivity index (χ2v) is 8.01. The Balaban J connectivity index is 1.61.